The lowest BCUT2D eigenvalue weighted by Crippen LogP contribution is -2.09. The predicted molar refractivity (Wildman–Crippen MR) is 229 cm³/mol. The van der Waals surface area contributed by atoms with E-state index in [4.69, 9.17) is 15.0 Å². The van der Waals surface area contributed by atoms with Crippen molar-refractivity contribution in [3.05, 3.63) is 206 Å². The fraction of sp³-hybridized carbons (Fsp3) is 0. The van der Waals surface area contributed by atoms with E-state index in [1.54, 1.807) is 0 Å². The number of aromatic nitrogens is 3. The summed E-state index contributed by atoms with van der Waals surface area (Å²) in [5, 5.41) is 5.71. The SMILES string of the molecule is c1ccc(-c2cc(-c3ccccc3)nc(-c3ccc4c(c3)nc(-c3ccccc3)c3ccc5cc(N(c6ccccc6)c6ccccc6)ccc5c34)n2)cc1. The van der Waals surface area contributed by atoms with Crippen molar-refractivity contribution in [1.29, 1.82) is 0 Å². The zero-order valence-electron chi connectivity index (χ0n) is 29.9. The average molecular weight is 703 g/mol. The smallest absolute Gasteiger partial charge is 0.160 e. The third-order valence-corrected chi connectivity index (χ3v) is 10.2. The molecule has 55 heavy (non-hydrogen) atoms. The summed E-state index contributed by atoms with van der Waals surface area (Å²) < 4.78 is 0. The fourth-order valence-electron chi connectivity index (χ4n) is 7.61. The summed E-state index contributed by atoms with van der Waals surface area (Å²) >= 11 is 0. The number of hydrogen-bond donors (Lipinski definition) is 0. The number of nitrogens with zero attached hydrogens (tertiary/aromatic N) is 4. The second-order valence-electron chi connectivity index (χ2n) is 13.7. The standard InChI is InChI=1S/C51H34N4/c1-6-16-35(17-7-1)46-34-47(36-18-8-2-9-19-36)54-51(53-46)39-27-29-44-48(33-39)52-50(37-20-10-3-11-21-37)45-30-26-38-32-42(28-31-43(38)49(44)45)55(40-22-12-4-13-23-40)41-24-14-5-15-25-41/h1-34H. The third kappa shape index (κ3) is 6.06. The Balaban J connectivity index is 1.19. The van der Waals surface area contributed by atoms with Crippen molar-refractivity contribution in [2.24, 2.45) is 0 Å². The van der Waals surface area contributed by atoms with Crippen LogP contribution in [0.1, 0.15) is 0 Å². The molecule has 4 heteroatoms. The second kappa shape index (κ2) is 13.8. The van der Waals surface area contributed by atoms with E-state index in [1.165, 1.54) is 10.8 Å². The summed E-state index contributed by atoms with van der Waals surface area (Å²) in [5.74, 6) is 0.662. The molecule has 0 N–H and O–H groups in total. The van der Waals surface area contributed by atoms with Crippen molar-refractivity contribution in [3.8, 4) is 45.2 Å². The highest BCUT2D eigenvalue weighted by Gasteiger charge is 2.18. The van der Waals surface area contributed by atoms with Gasteiger partial charge in [-0.2, -0.15) is 0 Å². The molecule has 258 valence electrons. The first kappa shape index (κ1) is 32.2. The Morgan fingerprint density at radius 1 is 0.327 bits per heavy atom. The number of fused-ring (bicyclic) bond motifs is 5. The van der Waals surface area contributed by atoms with Crippen LogP contribution in [-0.4, -0.2) is 15.0 Å². The Kier molecular flexibility index (Phi) is 8.12. The van der Waals surface area contributed by atoms with Gasteiger partial charge in [0.15, 0.2) is 5.82 Å². The topological polar surface area (TPSA) is 41.9 Å². The molecule has 0 fully saturated rings. The number of hydrogen-bond acceptors (Lipinski definition) is 4. The van der Waals surface area contributed by atoms with Crippen molar-refractivity contribution in [1.82, 2.24) is 15.0 Å². The summed E-state index contributed by atoms with van der Waals surface area (Å²) in [6.07, 6.45) is 0. The van der Waals surface area contributed by atoms with Crippen molar-refractivity contribution in [3.63, 3.8) is 0 Å². The molecule has 4 nitrogen and oxygen atoms in total. The number of anilines is 3. The molecule has 2 aromatic heterocycles. The van der Waals surface area contributed by atoms with Crippen molar-refractivity contribution >= 4 is 49.5 Å². The van der Waals surface area contributed by atoms with Gasteiger partial charge in [0.05, 0.1) is 22.6 Å². The molecule has 2 heterocycles. The highest BCUT2D eigenvalue weighted by Crippen LogP contribution is 2.41. The van der Waals surface area contributed by atoms with E-state index >= 15 is 0 Å². The van der Waals surface area contributed by atoms with E-state index in [0.29, 0.717) is 5.82 Å². The first-order valence-corrected chi connectivity index (χ1v) is 18.5. The molecule has 0 saturated carbocycles. The lowest BCUT2D eigenvalue weighted by molar-refractivity contribution is 1.18. The second-order valence-corrected chi connectivity index (χ2v) is 13.7. The molecule has 0 saturated heterocycles. The molecule has 0 bridgehead atoms. The van der Waals surface area contributed by atoms with Crippen molar-refractivity contribution in [2.45, 2.75) is 0 Å². The van der Waals surface area contributed by atoms with Crippen LogP contribution in [0.25, 0.3) is 77.6 Å². The Morgan fingerprint density at radius 3 is 1.42 bits per heavy atom. The summed E-state index contributed by atoms with van der Waals surface area (Å²) in [4.78, 5) is 18.0. The van der Waals surface area contributed by atoms with E-state index in [2.05, 4.69) is 169 Å². The fourth-order valence-corrected chi connectivity index (χ4v) is 7.61. The first-order chi connectivity index (χ1) is 27.3. The van der Waals surface area contributed by atoms with Gasteiger partial charge in [0, 0.05) is 55.5 Å². The van der Waals surface area contributed by atoms with Gasteiger partial charge in [-0.1, -0.05) is 158 Å². The Hall–Kier alpha value is -7.43. The molecule has 0 aliphatic rings. The van der Waals surface area contributed by atoms with E-state index in [9.17, 15) is 0 Å². The van der Waals surface area contributed by atoms with Crippen LogP contribution in [-0.2, 0) is 0 Å². The summed E-state index contributed by atoms with van der Waals surface area (Å²) in [7, 11) is 0. The molecular weight excluding hydrogens is 669 g/mol. The quantitative estimate of drug-likeness (QED) is 0.155. The highest BCUT2D eigenvalue weighted by atomic mass is 15.1. The van der Waals surface area contributed by atoms with Gasteiger partial charge in [-0.15, -0.1) is 0 Å². The van der Waals surface area contributed by atoms with E-state index in [1.807, 2.05) is 42.5 Å². The molecule has 0 unspecified atom stereocenters. The van der Waals surface area contributed by atoms with Crippen LogP contribution in [0.4, 0.5) is 17.1 Å². The van der Waals surface area contributed by atoms with Crippen LogP contribution in [0.15, 0.2) is 206 Å². The molecule has 8 aromatic carbocycles. The number of benzene rings is 8. The van der Waals surface area contributed by atoms with Gasteiger partial charge in [0.25, 0.3) is 0 Å². The maximum atomic E-state index is 5.39. The highest BCUT2D eigenvalue weighted by molar-refractivity contribution is 6.23. The van der Waals surface area contributed by atoms with Gasteiger partial charge < -0.3 is 4.90 Å². The lowest BCUT2D eigenvalue weighted by atomic mass is 9.94. The van der Waals surface area contributed by atoms with Gasteiger partial charge in [0.2, 0.25) is 0 Å². The molecule has 10 rings (SSSR count). The zero-order chi connectivity index (χ0) is 36.6. The third-order valence-electron chi connectivity index (χ3n) is 10.2. The van der Waals surface area contributed by atoms with Gasteiger partial charge in [0.1, 0.15) is 0 Å². The van der Waals surface area contributed by atoms with Crippen LogP contribution >= 0.6 is 0 Å². The first-order valence-electron chi connectivity index (χ1n) is 18.5. The summed E-state index contributed by atoms with van der Waals surface area (Å²) in [5.41, 5.74) is 11.0. The number of para-hydroxylation sites is 2. The van der Waals surface area contributed by atoms with Crippen LogP contribution in [0.5, 0.6) is 0 Å². The monoisotopic (exact) mass is 702 g/mol. The molecule has 0 atom stereocenters. The molecular formula is C51H34N4. The molecule has 0 radical (unpaired) electrons. The van der Waals surface area contributed by atoms with E-state index in [-0.39, 0.29) is 0 Å². The normalized spacial score (nSPS) is 11.3. The van der Waals surface area contributed by atoms with Gasteiger partial charge in [-0.25, -0.2) is 15.0 Å². The number of rotatable bonds is 7. The van der Waals surface area contributed by atoms with Gasteiger partial charge >= 0.3 is 0 Å². The summed E-state index contributed by atoms with van der Waals surface area (Å²) in [6, 6.07) is 72.0. The van der Waals surface area contributed by atoms with Crippen LogP contribution < -0.4 is 4.90 Å². The zero-order valence-corrected chi connectivity index (χ0v) is 29.9. The minimum Gasteiger partial charge on any atom is -0.310 e. The number of pyridine rings is 1. The lowest BCUT2D eigenvalue weighted by Gasteiger charge is -2.26. The van der Waals surface area contributed by atoms with Gasteiger partial charge in [-0.3, -0.25) is 0 Å². The van der Waals surface area contributed by atoms with Crippen LogP contribution in [0.3, 0.4) is 0 Å². The minimum absolute atomic E-state index is 0.662. The Bertz CT molecular complexity index is 2850. The Labute approximate surface area is 319 Å². The molecule has 0 amide bonds. The predicted octanol–water partition coefficient (Wildman–Crippen LogP) is 13.5. The van der Waals surface area contributed by atoms with Crippen LogP contribution in [0, 0.1) is 0 Å². The largest absolute Gasteiger partial charge is 0.310 e. The van der Waals surface area contributed by atoms with E-state index in [0.717, 1.165) is 78.1 Å². The summed E-state index contributed by atoms with van der Waals surface area (Å²) in [6.45, 7) is 0. The van der Waals surface area contributed by atoms with Crippen molar-refractivity contribution in [2.75, 3.05) is 4.90 Å². The molecule has 0 spiro atoms. The Morgan fingerprint density at radius 2 is 0.836 bits per heavy atom. The molecule has 10 aromatic rings. The minimum atomic E-state index is 0.662. The maximum absolute atomic E-state index is 5.39. The van der Waals surface area contributed by atoms with E-state index < -0.39 is 0 Å². The van der Waals surface area contributed by atoms with Gasteiger partial charge in [-0.05, 0) is 59.3 Å². The molecule has 0 aliphatic carbocycles. The molecule has 0 aliphatic heterocycles. The average Bonchev–Trinajstić information content (AvgIpc) is 3.27. The van der Waals surface area contributed by atoms with Crippen LogP contribution in [0.2, 0.25) is 0 Å². The van der Waals surface area contributed by atoms with Crippen molar-refractivity contribution < 1.29 is 0 Å². The maximum Gasteiger partial charge on any atom is 0.160 e.